The van der Waals surface area contributed by atoms with Crippen LogP contribution in [0.15, 0.2) is 36.5 Å². The molecular formula is C18H24N4O. The van der Waals surface area contributed by atoms with Gasteiger partial charge in [-0.15, -0.1) is 0 Å². The van der Waals surface area contributed by atoms with Crippen molar-refractivity contribution < 1.29 is 4.79 Å². The van der Waals surface area contributed by atoms with Crippen LogP contribution < -0.4 is 5.73 Å². The molecule has 0 radical (unpaired) electrons. The van der Waals surface area contributed by atoms with Gasteiger partial charge in [0.25, 0.3) is 5.91 Å². The van der Waals surface area contributed by atoms with E-state index in [9.17, 15) is 4.79 Å². The molecule has 2 heterocycles. The van der Waals surface area contributed by atoms with Crippen molar-refractivity contribution in [1.82, 2.24) is 14.7 Å². The number of carbonyl (C=O) groups excluding carboxylic acids is 1. The molecule has 0 unspecified atom stereocenters. The molecule has 5 heteroatoms. The monoisotopic (exact) mass is 312 g/mol. The zero-order valence-corrected chi connectivity index (χ0v) is 13.6. The molecule has 0 aliphatic carbocycles. The van der Waals surface area contributed by atoms with Crippen LogP contribution in [-0.4, -0.2) is 39.7 Å². The van der Waals surface area contributed by atoms with Gasteiger partial charge in [-0.25, -0.2) is 0 Å². The Hall–Kier alpha value is -2.14. The van der Waals surface area contributed by atoms with Gasteiger partial charge in [-0.1, -0.05) is 37.3 Å². The van der Waals surface area contributed by atoms with Gasteiger partial charge >= 0.3 is 0 Å². The van der Waals surface area contributed by atoms with Gasteiger partial charge < -0.3 is 10.6 Å². The first kappa shape index (κ1) is 15.7. The Morgan fingerprint density at radius 2 is 2.13 bits per heavy atom. The maximum absolute atomic E-state index is 12.8. The molecule has 3 rings (SSSR count). The van der Waals surface area contributed by atoms with Crippen molar-refractivity contribution in [2.24, 2.45) is 5.73 Å². The normalized spacial score (nSPS) is 18.2. The first-order chi connectivity index (χ1) is 11.2. The van der Waals surface area contributed by atoms with Crippen molar-refractivity contribution in [2.45, 2.75) is 38.8 Å². The van der Waals surface area contributed by atoms with Crippen LogP contribution in [0.4, 0.5) is 0 Å². The molecule has 5 nitrogen and oxygen atoms in total. The SMILES string of the molecule is CCc1c(C(=O)N2CCC[C@H](N)C2)cnn1Cc1ccccc1. The summed E-state index contributed by atoms with van der Waals surface area (Å²) < 4.78 is 1.94. The number of nitrogens with zero attached hydrogens (tertiary/aromatic N) is 3. The van der Waals surface area contributed by atoms with Gasteiger partial charge in [-0.3, -0.25) is 9.48 Å². The fourth-order valence-electron chi connectivity index (χ4n) is 3.22. The third-order valence-corrected chi connectivity index (χ3v) is 4.43. The first-order valence-electron chi connectivity index (χ1n) is 8.32. The van der Waals surface area contributed by atoms with Gasteiger partial charge in [0, 0.05) is 19.1 Å². The third-order valence-electron chi connectivity index (χ3n) is 4.43. The summed E-state index contributed by atoms with van der Waals surface area (Å²) in [5.74, 6) is 0.0660. The predicted molar refractivity (Wildman–Crippen MR) is 90.3 cm³/mol. The minimum atomic E-state index is 0.0660. The van der Waals surface area contributed by atoms with E-state index in [0.29, 0.717) is 13.1 Å². The Balaban J connectivity index is 1.81. The van der Waals surface area contributed by atoms with Crippen molar-refractivity contribution in [3.8, 4) is 0 Å². The molecule has 1 aromatic heterocycles. The highest BCUT2D eigenvalue weighted by Gasteiger charge is 2.25. The molecule has 1 aromatic carbocycles. The quantitative estimate of drug-likeness (QED) is 0.940. The number of likely N-dealkylation sites (tertiary alicyclic amines) is 1. The summed E-state index contributed by atoms with van der Waals surface area (Å²) in [7, 11) is 0. The predicted octanol–water partition coefficient (Wildman–Crippen LogP) is 2.06. The van der Waals surface area contributed by atoms with E-state index in [4.69, 9.17) is 5.73 Å². The molecule has 1 saturated heterocycles. The van der Waals surface area contributed by atoms with Gasteiger partial charge in [-0.2, -0.15) is 5.10 Å². The summed E-state index contributed by atoms with van der Waals surface area (Å²) in [6.45, 7) is 4.19. The lowest BCUT2D eigenvalue weighted by molar-refractivity contribution is 0.0707. The minimum absolute atomic E-state index is 0.0660. The zero-order chi connectivity index (χ0) is 16.2. The molecule has 2 aromatic rings. The Morgan fingerprint density at radius 1 is 1.35 bits per heavy atom. The highest BCUT2D eigenvalue weighted by atomic mass is 16.2. The molecule has 2 N–H and O–H groups in total. The standard InChI is InChI=1S/C18H24N4O/c1-2-17-16(18(23)21-10-6-9-15(19)13-21)11-20-22(17)12-14-7-4-3-5-8-14/h3-5,7-8,11,15H,2,6,9-10,12-13,19H2,1H3/t15-/m0/s1. The third kappa shape index (κ3) is 3.45. The van der Waals surface area contributed by atoms with Crippen LogP contribution in [0.25, 0.3) is 0 Å². The highest BCUT2D eigenvalue weighted by Crippen LogP contribution is 2.17. The van der Waals surface area contributed by atoms with Crippen LogP contribution in [0.5, 0.6) is 0 Å². The number of benzene rings is 1. The number of aromatic nitrogens is 2. The second-order valence-electron chi connectivity index (χ2n) is 6.16. The van der Waals surface area contributed by atoms with E-state index < -0.39 is 0 Å². The molecule has 23 heavy (non-hydrogen) atoms. The van der Waals surface area contributed by atoms with Crippen LogP contribution >= 0.6 is 0 Å². The van der Waals surface area contributed by atoms with Gasteiger partial charge in [0.05, 0.1) is 24.0 Å². The second-order valence-corrected chi connectivity index (χ2v) is 6.16. The molecule has 1 aliphatic heterocycles. The summed E-state index contributed by atoms with van der Waals surface area (Å²) in [5, 5.41) is 4.46. The van der Waals surface area contributed by atoms with Crippen molar-refractivity contribution >= 4 is 5.91 Å². The smallest absolute Gasteiger partial charge is 0.257 e. The van der Waals surface area contributed by atoms with Crippen LogP contribution in [0.2, 0.25) is 0 Å². The summed E-state index contributed by atoms with van der Waals surface area (Å²) in [6, 6.07) is 10.3. The van der Waals surface area contributed by atoms with Gasteiger partial charge in [0.15, 0.2) is 0 Å². The average Bonchev–Trinajstić information content (AvgIpc) is 2.97. The van der Waals surface area contributed by atoms with Crippen molar-refractivity contribution in [2.75, 3.05) is 13.1 Å². The Morgan fingerprint density at radius 3 is 2.83 bits per heavy atom. The van der Waals surface area contributed by atoms with E-state index in [0.717, 1.165) is 37.1 Å². The van der Waals surface area contributed by atoms with Gasteiger partial charge in [-0.05, 0) is 24.8 Å². The average molecular weight is 312 g/mol. The summed E-state index contributed by atoms with van der Waals surface area (Å²) >= 11 is 0. The van der Waals surface area contributed by atoms with Crippen LogP contribution in [0.3, 0.4) is 0 Å². The lowest BCUT2D eigenvalue weighted by atomic mass is 10.1. The fraction of sp³-hybridized carbons (Fsp3) is 0.444. The number of hydrogen-bond donors (Lipinski definition) is 1. The molecule has 122 valence electrons. The molecule has 1 atom stereocenters. The van der Waals surface area contributed by atoms with Crippen molar-refractivity contribution in [3.63, 3.8) is 0 Å². The zero-order valence-electron chi connectivity index (χ0n) is 13.6. The highest BCUT2D eigenvalue weighted by molar-refractivity contribution is 5.95. The van der Waals surface area contributed by atoms with E-state index in [1.165, 1.54) is 5.56 Å². The van der Waals surface area contributed by atoms with Crippen LogP contribution in [0, 0.1) is 0 Å². The molecule has 0 spiro atoms. The first-order valence-corrected chi connectivity index (χ1v) is 8.32. The molecule has 0 saturated carbocycles. The Labute approximate surface area is 137 Å². The minimum Gasteiger partial charge on any atom is -0.337 e. The van der Waals surface area contributed by atoms with Gasteiger partial charge in [0.1, 0.15) is 0 Å². The van der Waals surface area contributed by atoms with Crippen LogP contribution in [0.1, 0.15) is 41.4 Å². The van der Waals surface area contributed by atoms with Crippen molar-refractivity contribution in [3.05, 3.63) is 53.3 Å². The Kier molecular flexibility index (Phi) is 4.76. The number of nitrogens with two attached hydrogens (primary N) is 1. The molecule has 1 amide bonds. The largest absolute Gasteiger partial charge is 0.337 e. The summed E-state index contributed by atoms with van der Waals surface area (Å²) in [4.78, 5) is 14.7. The molecule has 1 fully saturated rings. The number of rotatable bonds is 4. The molecular weight excluding hydrogens is 288 g/mol. The van der Waals surface area contributed by atoms with Crippen molar-refractivity contribution in [1.29, 1.82) is 0 Å². The summed E-state index contributed by atoms with van der Waals surface area (Å²) in [5.41, 5.74) is 8.91. The van der Waals surface area contributed by atoms with E-state index >= 15 is 0 Å². The molecule has 0 bridgehead atoms. The number of piperidine rings is 1. The molecule has 1 aliphatic rings. The lowest BCUT2D eigenvalue weighted by Crippen LogP contribution is -2.45. The van der Waals surface area contributed by atoms with E-state index in [2.05, 4.69) is 24.2 Å². The van der Waals surface area contributed by atoms with E-state index in [1.54, 1.807) is 6.20 Å². The second kappa shape index (κ2) is 6.96. The topological polar surface area (TPSA) is 64.2 Å². The lowest BCUT2D eigenvalue weighted by Gasteiger charge is -2.30. The van der Waals surface area contributed by atoms with Crippen LogP contribution in [-0.2, 0) is 13.0 Å². The van der Waals surface area contributed by atoms with E-state index in [-0.39, 0.29) is 11.9 Å². The van der Waals surface area contributed by atoms with E-state index in [1.807, 2.05) is 27.8 Å². The maximum atomic E-state index is 12.8. The maximum Gasteiger partial charge on any atom is 0.257 e. The number of hydrogen-bond acceptors (Lipinski definition) is 3. The number of carbonyl (C=O) groups is 1. The Bertz CT molecular complexity index is 665. The summed E-state index contributed by atoms with van der Waals surface area (Å²) in [6.07, 6.45) is 4.47. The fourth-order valence-corrected chi connectivity index (χ4v) is 3.22. The number of amides is 1. The van der Waals surface area contributed by atoms with Gasteiger partial charge in [0.2, 0.25) is 0 Å².